The maximum absolute atomic E-state index is 12.1. The SMILES string of the molecule is Nc1cc(Br)cc(C(=O)Nc2ccc(Br)cc2Br)c1. The van der Waals surface area contributed by atoms with Gasteiger partial charge in [-0.25, -0.2) is 0 Å². The van der Waals surface area contributed by atoms with Gasteiger partial charge in [-0.2, -0.15) is 0 Å². The Morgan fingerprint density at radius 2 is 1.74 bits per heavy atom. The van der Waals surface area contributed by atoms with Gasteiger partial charge in [0.15, 0.2) is 0 Å². The Kier molecular flexibility index (Phi) is 4.65. The maximum atomic E-state index is 12.1. The number of nitrogens with one attached hydrogen (secondary N) is 1. The molecule has 6 heteroatoms. The fourth-order valence-corrected chi connectivity index (χ4v) is 3.19. The van der Waals surface area contributed by atoms with Crippen LogP contribution in [-0.4, -0.2) is 5.91 Å². The second-order valence-electron chi connectivity index (χ2n) is 3.85. The smallest absolute Gasteiger partial charge is 0.255 e. The summed E-state index contributed by atoms with van der Waals surface area (Å²) < 4.78 is 2.51. The number of halogens is 3. The van der Waals surface area contributed by atoms with Crippen molar-refractivity contribution in [3.63, 3.8) is 0 Å². The molecule has 3 nitrogen and oxygen atoms in total. The van der Waals surface area contributed by atoms with Crippen LogP contribution in [0.3, 0.4) is 0 Å². The van der Waals surface area contributed by atoms with Crippen LogP contribution in [0.25, 0.3) is 0 Å². The van der Waals surface area contributed by atoms with Crippen molar-refractivity contribution < 1.29 is 4.79 Å². The zero-order valence-corrected chi connectivity index (χ0v) is 14.3. The predicted octanol–water partition coefficient (Wildman–Crippen LogP) is 4.81. The summed E-state index contributed by atoms with van der Waals surface area (Å²) in [6.07, 6.45) is 0. The first-order valence-electron chi connectivity index (χ1n) is 5.28. The van der Waals surface area contributed by atoms with E-state index in [0.717, 1.165) is 13.4 Å². The van der Waals surface area contributed by atoms with Gasteiger partial charge in [0.05, 0.1) is 5.69 Å². The van der Waals surface area contributed by atoms with E-state index in [9.17, 15) is 4.79 Å². The van der Waals surface area contributed by atoms with Gasteiger partial charge in [-0.05, 0) is 52.3 Å². The molecule has 0 fully saturated rings. The van der Waals surface area contributed by atoms with Crippen molar-refractivity contribution in [3.05, 3.63) is 55.4 Å². The number of carbonyl (C=O) groups excluding carboxylic acids is 1. The number of hydrogen-bond acceptors (Lipinski definition) is 2. The monoisotopic (exact) mass is 446 g/mol. The van der Waals surface area contributed by atoms with Crippen molar-refractivity contribution in [2.24, 2.45) is 0 Å². The molecule has 0 aliphatic carbocycles. The molecule has 2 aromatic rings. The molecule has 0 aliphatic rings. The van der Waals surface area contributed by atoms with E-state index in [2.05, 4.69) is 53.1 Å². The van der Waals surface area contributed by atoms with Crippen LogP contribution in [0.15, 0.2) is 49.8 Å². The Morgan fingerprint density at radius 3 is 2.37 bits per heavy atom. The highest BCUT2D eigenvalue weighted by atomic mass is 79.9. The lowest BCUT2D eigenvalue weighted by Crippen LogP contribution is -2.12. The van der Waals surface area contributed by atoms with E-state index in [-0.39, 0.29) is 5.91 Å². The summed E-state index contributed by atoms with van der Waals surface area (Å²) in [5.74, 6) is -0.212. The van der Waals surface area contributed by atoms with Gasteiger partial charge in [-0.15, -0.1) is 0 Å². The van der Waals surface area contributed by atoms with Crippen LogP contribution < -0.4 is 11.1 Å². The lowest BCUT2D eigenvalue weighted by atomic mass is 10.2. The number of amides is 1. The highest BCUT2D eigenvalue weighted by molar-refractivity contribution is 9.11. The van der Waals surface area contributed by atoms with Gasteiger partial charge in [0, 0.05) is 24.7 Å². The van der Waals surface area contributed by atoms with Gasteiger partial charge >= 0.3 is 0 Å². The summed E-state index contributed by atoms with van der Waals surface area (Å²) in [5.41, 5.74) is 7.45. The van der Waals surface area contributed by atoms with Crippen molar-refractivity contribution in [2.75, 3.05) is 11.1 Å². The third-order valence-corrected chi connectivity index (χ3v) is 3.97. The molecule has 0 unspecified atom stereocenters. The Morgan fingerprint density at radius 1 is 1.00 bits per heavy atom. The summed E-state index contributed by atoms with van der Waals surface area (Å²) in [6, 6.07) is 10.6. The normalized spacial score (nSPS) is 10.3. The van der Waals surface area contributed by atoms with Gasteiger partial charge in [0.2, 0.25) is 0 Å². The molecule has 0 atom stereocenters. The third-order valence-electron chi connectivity index (χ3n) is 2.36. The fourth-order valence-electron chi connectivity index (χ4n) is 1.53. The Hall–Kier alpha value is -0.850. The first-order chi connectivity index (χ1) is 8.95. The van der Waals surface area contributed by atoms with E-state index in [1.807, 2.05) is 18.2 Å². The van der Waals surface area contributed by atoms with Crippen LogP contribution in [0.1, 0.15) is 10.4 Å². The van der Waals surface area contributed by atoms with Gasteiger partial charge in [-0.3, -0.25) is 4.79 Å². The summed E-state index contributed by atoms with van der Waals surface area (Å²) in [7, 11) is 0. The van der Waals surface area contributed by atoms with Crippen molar-refractivity contribution in [3.8, 4) is 0 Å². The van der Waals surface area contributed by atoms with Crippen LogP contribution in [0, 0.1) is 0 Å². The van der Waals surface area contributed by atoms with Crippen molar-refractivity contribution in [2.45, 2.75) is 0 Å². The van der Waals surface area contributed by atoms with Gasteiger partial charge in [0.1, 0.15) is 0 Å². The molecule has 0 heterocycles. The summed E-state index contributed by atoms with van der Waals surface area (Å²) >= 11 is 10.1. The number of benzene rings is 2. The predicted molar refractivity (Wildman–Crippen MR) is 88.3 cm³/mol. The molecule has 0 aromatic heterocycles. The molecule has 2 rings (SSSR count). The van der Waals surface area contributed by atoms with Gasteiger partial charge in [0.25, 0.3) is 5.91 Å². The molecule has 0 saturated carbocycles. The first kappa shape index (κ1) is 14.6. The molecule has 0 aliphatic heterocycles. The minimum atomic E-state index is -0.212. The molecule has 1 amide bonds. The van der Waals surface area contributed by atoms with E-state index in [0.29, 0.717) is 16.9 Å². The number of hydrogen-bond donors (Lipinski definition) is 2. The van der Waals surface area contributed by atoms with Crippen LogP contribution in [0.4, 0.5) is 11.4 Å². The number of nitrogen functional groups attached to an aromatic ring is 1. The second-order valence-corrected chi connectivity index (χ2v) is 6.54. The quantitative estimate of drug-likeness (QED) is 0.648. The molecule has 0 spiro atoms. The zero-order valence-electron chi connectivity index (χ0n) is 9.58. The number of rotatable bonds is 2. The minimum absolute atomic E-state index is 0.212. The highest BCUT2D eigenvalue weighted by Gasteiger charge is 2.10. The topological polar surface area (TPSA) is 55.1 Å². The molecule has 3 N–H and O–H groups in total. The van der Waals surface area contributed by atoms with Crippen LogP contribution in [0.5, 0.6) is 0 Å². The lowest BCUT2D eigenvalue weighted by molar-refractivity contribution is 0.102. The van der Waals surface area contributed by atoms with E-state index >= 15 is 0 Å². The number of nitrogens with two attached hydrogens (primary N) is 1. The standard InChI is InChI=1S/C13H9Br3N2O/c14-8-1-2-12(11(16)6-8)18-13(19)7-3-9(15)5-10(17)4-7/h1-6H,17H2,(H,18,19). The van der Waals surface area contributed by atoms with Crippen LogP contribution >= 0.6 is 47.8 Å². The van der Waals surface area contributed by atoms with Crippen molar-refractivity contribution >= 4 is 65.1 Å². The van der Waals surface area contributed by atoms with Crippen LogP contribution in [0.2, 0.25) is 0 Å². The largest absolute Gasteiger partial charge is 0.399 e. The summed E-state index contributed by atoms with van der Waals surface area (Å²) in [5, 5.41) is 2.83. The van der Waals surface area contributed by atoms with Gasteiger partial charge in [-0.1, -0.05) is 31.9 Å². The zero-order chi connectivity index (χ0) is 14.0. The summed E-state index contributed by atoms with van der Waals surface area (Å²) in [4.78, 5) is 12.1. The molecule has 19 heavy (non-hydrogen) atoms. The fraction of sp³-hybridized carbons (Fsp3) is 0. The Balaban J connectivity index is 2.25. The van der Waals surface area contributed by atoms with E-state index < -0.39 is 0 Å². The third kappa shape index (κ3) is 3.81. The Bertz CT molecular complexity index is 624. The second kappa shape index (κ2) is 6.07. The van der Waals surface area contributed by atoms with E-state index in [4.69, 9.17) is 5.73 Å². The molecule has 0 saturated heterocycles. The van der Waals surface area contributed by atoms with E-state index in [1.54, 1.807) is 18.2 Å². The number of carbonyl (C=O) groups is 1. The van der Waals surface area contributed by atoms with E-state index in [1.165, 1.54) is 0 Å². The molecular formula is C13H9Br3N2O. The average Bonchev–Trinajstić information content (AvgIpc) is 2.31. The average molecular weight is 449 g/mol. The lowest BCUT2D eigenvalue weighted by Gasteiger charge is -2.08. The molecule has 98 valence electrons. The first-order valence-corrected chi connectivity index (χ1v) is 7.66. The Labute approximate surface area is 136 Å². The van der Waals surface area contributed by atoms with Crippen molar-refractivity contribution in [1.29, 1.82) is 0 Å². The molecule has 0 radical (unpaired) electrons. The summed E-state index contributed by atoms with van der Waals surface area (Å²) in [6.45, 7) is 0. The highest BCUT2D eigenvalue weighted by Crippen LogP contribution is 2.27. The van der Waals surface area contributed by atoms with Gasteiger partial charge < -0.3 is 11.1 Å². The maximum Gasteiger partial charge on any atom is 0.255 e. The number of anilines is 2. The van der Waals surface area contributed by atoms with Crippen LogP contribution in [-0.2, 0) is 0 Å². The minimum Gasteiger partial charge on any atom is -0.399 e. The van der Waals surface area contributed by atoms with Crippen molar-refractivity contribution in [1.82, 2.24) is 0 Å². The molecule has 0 bridgehead atoms. The molecule has 2 aromatic carbocycles. The molecular weight excluding hydrogens is 440 g/mol.